The minimum Gasteiger partial charge on any atom is -0.477 e. The third-order valence-corrected chi connectivity index (χ3v) is 15.2. The summed E-state index contributed by atoms with van der Waals surface area (Å²) in [6.45, 7) is 4.88. The van der Waals surface area contributed by atoms with E-state index in [9.17, 15) is 19.5 Å². The van der Waals surface area contributed by atoms with Gasteiger partial charge < -0.3 is 28.5 Å². The Balaban J connectivity index is 3.93. The van der Waals surface area contributed by atoms with Crippen LogP contribution in [-0.2, 0) is 33.3 Å². The molecule has 0 rings (SSSR count). The van der Waals surface area contributed by atoms with Gasteiger partial charge in [0.15, 0.2) is 6.10 Å². The molecule has 0 aromatic rings. The van der Waals surface area contributed by atoms with Crippen molar-refractivity contribution in [3.05, 3.63) is 24.3 Å². The van der Waals surface area contributed by atoms with E-state index in [4.69, 9.17) is 18.9 Å². The first kappa shape index (κ1) is 74.8. The Bertz CT molecular complexity index is 1310. The number of nitrogens with zero attached hydrogens (tertiary/aromatic N) is 1. The molecule has 0 aliphatic heterocycles. The second-order valence-electron chi connectivity index (χ2n) is 24.1. The molecule has 0 heterocycles. The molecule has 454 valence electrons. The smallest absolute Gasteiger partial charge is 0.361 e. The van der Waals surface area contributed by atoms with E-state index in [1.807, 2.05) is 21.1 Å². The molecule has 2 atom stereocenters. The Kier molecular flexibility index (Phi) is 58.1. The van der Waals surface area contributed by atoms with E-state index in [1.54, 1.807) is 0 Å². The van der Waals surface area contributed by atoms with Gasteiger partial charge >= 0.3 is 17.9 Å². The van der Waals surface area contributed by atoms with Crippen molar-refractivity contribution in [1.29, 1.82) is 0 Å². The number of hydrogen-bond donors (Lipinski definition) is 1. The van der Waals surface area contributed by atoms with E-state index in [1.165, 1.54) is 244 Å². The number of hydrogen-bond acceptors (Lipinski definition) is 7. The number of ether oxygens (including phenoxy) is 4. The molecule has 77 heavy (non-hydrogen) atoms. The van der Waals surface area contributed by atoms with Crippen molar-refractivity contribution in [2.24, 2.45) is 0 Å². The largest absolute Gasteiger partial charge is 0.477 e. The highest BCUT2D eigenvalue weighted by atomic mass is 16.7. The van der Waals surface area contributed by atoms with Crippen LogP contribution in [-0.4, -0.2) is 87.4 Å². The third-order valence-electron chi connectivity index (χ3n) is 15.2. The summed E-state index contributed by atoms with van der Waals surface area (Å²) in [7, 11) is 5.97. The molecule has 0 saturated heterocycles. The Morgan fingerprint density at radius 1 is 0.390 bits per heavy atom. The van der Waals surface area contributed by atoms with Gasteiger partial charge in [-0.3, -0.25) is 9.59 Å². The predicted molar refractivity (Wildman–Crippen MR) is 328 cm³/mol. The maximum atomic E-state index is 12.8. The molecule has 0 saturated carbocycles. The van der Waals surface area contributed by atoms with Gasteiger partial charge in [-0.2, -0.15) is 0 Å². The zero-order chi connectivity index (χ0) is 56.2. The summed E-state index contributed by atoms with van der Waals surface area (Å²) in [5, 5.41) is 9.70. The molecular weight excluding hydrogens is 959 g/mol. The first-order chi connectivity index (χ1) is 37.6. The monoisotopic (exact) mass is 1090 g/mol. The zero-order valence-electron chi connectivity index (χ0n) is 51.9. The van der Waals surface area contributed by atoms with Gasteiger partial charge in [-0.1, -0.05) is 301 Å². The lowest BCUT2D eigenvalue weighted by Crippen LogP contribution is -2.40. The molecular formula is C68H130NO8+. The summed E-state index contributed by atoms with van der Waals surface area (Å²) in [5.74, 6) is -2.00. The molecule has 0 amide bonds. The minimum atomic E-state index is -1.51. The van der Waals surface area contributed by atoms with Crippen LogP contribution in [0.4, 0.5) is 0 Å². The number of rotatable bonds is 63. The van der Waals surface area contributed by atoms with E-state index in [-0.39, 0.29) is 32.2 Å². The number of unbranched alkanes of at least 4 members (excludes halogenated alkanes) is 44. The Morgan fingerprint density at radius 2 is 0.701 bits per heavy atom. The van der Waals surface area contributed by atoms with Crippen molar-refractivity contribution >= 4 is 17.9 Å². The molecule has 0 fully saturated rings. The molecule has 1 N–H and O–H groups in total. The van der Waals surface area contributed by atoms with Gasteiger partial charge in [0.1, 0.15) is 13.2 Å². The van der Waals surface area contributed by atoms with Gasteiger partial charge in [-0.05, 0) is 44.9 Å². The summed E-state index contributed by atoms with van der Waals surface area (Å²) in [6, 6.07) is 0. The molecule has 0 radical (unpaired) electrons. The van der Waals surface area contributed by atoms with Crippen LogP contribution in [0.2, 0.25) is 0 Å². The highest BCUT2D eigenvalue weighted by molar-refractivity contribution is 5.71. The van der Waals surface area contributed by atoms with Gasteiger partial charge in [0.25, 0.3) is 6.29 Å². The van der Waals surface area contributed by atoms with E-state index in [0.717, 1.165) is 57.8 Å². The van der Waals surface area contributed by atoms with E-state index < -0.39 is 24.3 Å². The van der Waals surface area contributed by atoms with Crippen molar-refractivity contribution in [3.8, 4) is 0 Å². The summed E-state index contributed by atoms with van der Waals surface area (Å²) >= 11 is 0. The first-order valence-corrected chi connectivity index (χ1v) is 33.5. The fourth-order valence-corrected chi connectivity index (χ4v) is 10.0. The van der Waals surface area contributed by atoms with Gasteiger partial charge in [0, 0.05) is 12.8 Å². The number of carbonyl (C=O) groups excluding carboxylic acids is 2. The Hall–Kier alpha value is -2.23. The van der Waals surface area contributed by atoms with Crippen molar-refractivity contribution in [1.82, 2.24) is 0 Å². The van der Waals surface area contributed by atoms with Gasteiger partial charge in [0.05, 0.1) is 34.4 Å². The number of carboxylic acid groups (broad SMARTS) is 1. The second kappa shape index (κ2) is 59.9. The van der Waals surface area contributed by atoms with Gasteiger partial charge in [0.2, 0.25) is 0 Å². The van der Waals surface area contributed by atoms with Crippen LogP contribution in [0.1, 0.15) is 335 Å². The lowest BCUT2D eigenvalue weighted by atomic mass is 10.0. The zero-order valence-corrected chi connectivity index (χ0v) is 51.9. The molecule has 9 heteroatoms. The highest BCUT2D eigenvalue weighted by Gasteiger charge is 2.25. The SMILES string of the molecule is CCCCC/C=C\C/C=C\CCCCCCCC(=O)OC(COC(=O)CCCCCCCCCCCCCCCCCCCCCCCCCCCCCCCCCCCCCCC)COC(OCC[N+](C)(C)C)C(=O)O. The predicted octanol–water partition coefficient (Wildman–Crippen LogP) is 20.2. The molecule has 2 unspecified atom stereocenters. The minimum absolute atomic E-state index is 0.183. The number of aliphatic carboxylic acids is 1. The molecule has 0 aromatic heterocycles. The summed E-state index contributed by atoms with van der Waals surface area (Å²) in [6.07, 6.45) is 70.3. The molecule has 0 aromatic carbocycles. The summed E-state index contributed by atoms with van der Waals surface area (Å²) in [4.78, 5) is 37.4. The van der Waals surface area contributed by atoms with Crippen LogP contribution >= 0.6 is 0 Å². The standard InChI is InChI=1S/C68H129NO8/c1-6-8-10-12-14-16-18-20-22-23-24-25-26-27-28-29-30-31-32-33-34-35-36-37-38-39-40-41-42-43-45-46-48-50-52-54-56-58-65(70)75-62-64(63-76-68(67(72)73)74-61-60-69(3,4)5)77-66(71)59-57-55-53-51-49-47-44-21-19-17-15-13-11-9-7-2/h15,17,21,44,64,68H,6-14,16,18-20,22-43,45-63H2,1-5H3/p+1/b17-15-,44-21-. The average molecular weight is 1090 g/mol. The molecule has 0 aliphatic rings. The lowest BCUT2D eigenvalue weighted by Gasteiger charge is -2.25. The number of allylic oxidation sites excluding steroid dienone is 4. The summed E-state index contributed by atoms with van der Waals surface area (Å²) < 4.78 is 22.9. The van der Waals surface area contributed by atoms with Crippen LogP contribution in [0.5, 0.6) is 0 Å². The van der Waals surface area contributed by atoms with Crippen LogP contribution in [0.15, 0.2) is 24.3 Å². The molecule has 0 spiro atoms. The number of carbonyl (C=O) groups is 3. The molecule has 9 nitrogen and oxygen atoms in total. The quantitative estimate of drug-likeness (QED) is 0.0211. The molecule has 0 aliphatic carbocycles. The third kappa shape index (κ3) is 61.2. The lowest BCUT2D eigenvalue weighted by molar-refractivity contribution is -0.870. The number of esters is 2. The van der Waals surface area contributed by atoms with Gasteiger partial charge in [-0.15, -0.1) is 0 Å². The van der Waals surface area contributed by atoms with Crippen molar-refractivity contribution in [3.63, 3.8) is 0 Å². The highest BCUT2D eigenvalue weighted by Crippen LogP contribution is 2.19. The normalized spacial score (nSPS) is 12.8. The van der Waals surface area contributed by atoms with Crippen LogP contribution < -0.4 is 0 Å². The Morgan fingerprint density at radius 3 is 1.05 bits per heavy atom. The molecule has 0 bridgehead atoms. The fraction of sp³-hybridized carbons (Fsp3) is 0.897. The second-order valence-corrected chi connectivity index (χ2v) is 24.1. The van der Waals surface area contributed by atoms with E-state index in [0.29, 0.717) is 23.9 Å². The van der Waals surface area contributed by atoms with E-state index >= 15 is 0 Å². The number of likely N-dealkylation sites (N-methyl/N-ethyl adjacent to an activating group) is 1. The van der Waals surface area contributed by atoms with Crippen molar-refractivity contribution in [2.45, 2.75) is 347 Å². The average Bonchev–Trinajstić information content (AvgIpc) is 3.40. The maximum Gasteiger partial charge on any atom is 0.361 e. The van der Waals surface area contributed by atoms with E-state index in [2.05, 4.69) is 38.2 Å². The van der Waals surface area contributed by atoms with Crippen LogP contribution in [0.25, 0.3) is 0 Å². The maximum absolute atomic E-state index is 12.8. The fourth-order valence-electron chi connectivity index (χ4n) is 10.0. The van der Waals surface area contributed by atoms with Crippen LogP contribution in [0.3, 0.4) is 0 Å². The number of carboxylic acids is 1. The topological polar surface area (TPSA) is 108 Å². The number of quaternary nitrogens is 1. The Labute approximate surface area is 478 Å². The van der Waals surface area contributed by atoms with Gasteiger partial charge in [-0.25, -0.2) is 4.79 Å². The summed E-state index contributed by atoms with van der Waals surface area (Å²) in [5.41, 5.74) is 0. The van der Waals surface area contributed by atoms with Crippen molar-refractivity contribution in [2.75, 3.05) is 47.5 Å². The van der Waals surface area contributed by atoms with Crippen molar-refractivity contribution < 1.29 is 42.9 Å². The first-order valence-electron chi connectivity index (χ1n) is 33.5. The van der Waals surface area contributed by atoms with Crippen LogP contribution in [0, 0.1) is 0 Å².